The largest absolute Gasteiger partial charge is 0.497 e. The average Bonchev–Trinajstić information content (AvgIpc) is 3.24. The quantitative estimate of drug-likeness (QED) is 0.724. The van der Waals surface area contributed by atoms with Gasteiger partial charge in [0, 0.05) is 17.0 Å². The third-order valence-corrected chi connectivity index (χ3v) is 5.51. The van der Waals surface area contributed by atoms with Crippen LogP contribution in [0, 0.1) is 6.92 Å². The fraction of sp³-hybridized carbons (Fsp3) is 0.368. The van der Waals surface area contributed by atoms with Crippen molar-refractivity contribution in [2.24, 2.45) is 0 Å². The van der Waals surface area contributed by atoms with Gasteiger partial charge in [0.1, 0.15) is 22.2 Å². The molecule has 0 bridgehead atoms. The highest BCUT2D eigenvalue weighted by atomic mass is 32.1. The van der Waals surface area contributed by atoms with E-state index in [9.17, 15) is 0 Å². The summed E-state index contributed by atoms with van der Waals surface area (Å²) in [6, 6.07) is 8.72. The van der Waals surface area contributed by atoms with Gasteiger partial charge in [0.2, 0.25) is 0 Å². The maximum atomic E-state index is 5.27. The van der Waals surface area contributed by atoms with Crippen LogP contribution in [0.25, 0.3) is 21.3 Å². The monoisotopic (exact) mass is 339 g/mol. The highest BCUT2D eigenvalue weighted by Gasteiger charge is 2.19. The number of benzene rings is 1. The first-order valence-corrected chi connectivity index (χ1v) is 9.29. The molecule has 0 aliphatic heterocycles. The van der Waals surface area contributed by atoms with E-state index in [1.54, 1.807) is 18.4 Å². The predicted molar refractivity (Wildman–Crippen MR) is 100 cm³/mol. The van der Waals surface area contributed by atoms with Crippen molar-refractivity contribution in [2.75, 3.05) is 12.4 Å². The van der Waals surface area contributed by atoms with Gasteiger partial charge < -0.3 is 10.1 Å². The lowest BCUT2D eigenvalue weighted by Gasteiger charge is -2.15. The van der Waals surface area contributed by atoms with Crippen molar-refractivity contribution < 1.29 is 4.74 Å². The molecule has 0 amide bonds. The third-order valence-electron chi connectivity index (χ3n) is 4.64. The van der Waals surface area contributed by atoms with Crippen LogP contribution in [-0.4, -0.2) is 23.1 Å². The summed E-state index contributed by atoms with van der Waals surface area (Å²) in [5.41, 5.74) is 2.36. The van der Waals surface area contributed by atoms with Crippen molar-refractivity contribution in [1.82, 2.24) is 9.97 Å². The number of hydrogen-bond acceptors (Lipinski definition) is 5. The van der Waals surface area contributed by atoms with Crippen molar-refractivity contribution in [3.8, 4) is 16.9 Å². The Balaban J connectivity index is 1.80. The zero-order valence-electron chi connectivity index (χ0n) is 14.0. The lowest BCUT2D eigenvalue weighted by atomic mass is 10.1. The van der Waals surface area contributed by atoms with Crippen LogP contribution >= 0.6 is 11.3 Å². The number of fused-ring (bicyclic) bond motifs is 1. The molecule has 1 fully saturated rings. The van der Waals surface area contributed by atoms with Crippen LogP contribution in [0.5, 0.6) is 5.75 Å². The van der Waals surface area contributed by atoms with Crippen molar-refractivity contribution >= 4 is 27.4 Å². The predicted octanol–water partition coefficient (Wildman–Crippen LogP) is 5.03. The highest BCUT2D eigenvalue weighted by molar-refractivity contribution is 7.17. The van der Waals surface area contributed by atoms with E-state index in [-0.39, 0.29) is 0 Å². The van der Waals surface area contributed by atoms with Crippen molar-refractivity contribution in [3.05, 3.63) is 35.5 Å². The first kappa shape index (κ1) is 15.4. The van der Waals surface area contributed by atoms with Crippen LogP contribution in [0.15, 0.2) is 29.6 Å². The Hall–Kier alpha value is -2.14. The molecular weight excluding hydrogens is 318 g/mol. The molecule has 0 spiro atoms. The molecule has 1 aliphatic carbocycles. The molecule has 0 saturated heterocycles. The van der Waals surface area contributed by atoms with Gasteiger partial charge in [-0.25, -0.2) is 9.97 Å². The Morgan fingerprint density at radius 3 is 2.58 bits per heavy atom. The lowest BCUT2D eigenvalue weighted by molar-refractivity contribution is 0.415. The van der Waals surface area contributed by atoms with E-state index in [1.165, 1.54) is 36.8 Å². The fourth-order valence-corrected chi connectivity index (χ4v) is 4.39. The molecule has 0 unspecified atom stereocenters. The van der Waals surface area contributed by atoms with Gasteiger partial charge in [-0.2, -0.15) is 0 Å². The molecule has 1 saturated carbocycles. The molecule has 1 aliphatic rings. The Morgan fingerprint density at radius 2 is 1.88 bits per heavy atom. The van der Waals surface area contributed by atoms with E-state index >= 15 is 0 Å². The summed E-state index contributed by atoms with van der Waals surface area (Å²) in [5, 5.41) is 7.00. The van der Waals surface area contributed by atoms with Gasteiger partial charge in [0.25, 0.3) is 0 Å². The standard InChI is InChI=1S/C19H21N3OS/c1-12-20-18(22-14-5-3-4-6-14)17-16(11-24-19(17)21-12)13-7-9-15(23-2)10-8-13/h7-11,14H,3-6H2,1-2H3,(H,20,21,22). The highest BCUT2D eigenvalue weighted by Crippen LogP contribution is 2.38. The summed E-state index contributed by atoms with van der Waals surface area (Å²) in [5.74, 6) is 2.68. The van der Waals surface area contributed by atoms with E-state index < -0.39 is 0 Å². The number of methoxy groups -OCH3 is 1. The van der Waals surface area contributed by atoms with E-state index in [0.29, 0.717) is 6.04 Å². The molecule has 5 heteroatoms. The average molecular weight is 339 g/mol. The number of anilines is 1. The van der Waals surface area contributed by atoms with Crippen LogP contribution in [0.3, 0.4) is 0 Å². The summed E-state index contributed by atoms with van der Waals surface area (Å²) in [7, 11) is 1.69. The van der Waals surface area contributed by atoms with Gasteiger partial charge in [-0.1, -0.05) is 25.0 Å². The van der Waals surface area contributed by atoms with Crippen LogP contribution in [0.2, 0.25) is 0 Å². The topological polar surface area (TPSA) is 47.0 Å². The molecule has 124 valence electrons. The maximum absolute atomic E-state index is 5.27. The molecule has 0 radical (unpaired) electrons. The minimum absolute atomic E-state index is 0.533. The summed E-state index contributed by atoms with van der Waals surface area (Å²) < 4.78 is 5.27. The minimum atomic E-state index is 0.533. The minimum Gasteiger partial charge on any atom is -0.497 e. The van der Waals surface area contributed by atoms with Gasteiger partial charge in [-0.05, 0) is 37.5 Å². The van der Waals surface area contributed by atoms with Crippen molar-refractivity contribution in [1.29, 1.82) is 0 Å². The van der Waals surface area contributed by atoms with Crippen LogP contribution in [0.1, 0.15) is 31.5 Å². The normalized spacial score (nSPS) is 15.1. The number of thiophene rings is 1. The molecule has 3 aromatic rings. The zero-order chi connectivity index (χ0) is 16.5. The lowest BCUT2D eigenvalue weighted by Crippen LogP contribution is -2.16. The zero-order valence-corrected chi connectivity index (χ0v) is 14.8. The SMILES string of the molecule is COc1ccc(-c2csc3nc(C)nc(NC4CCCC4)c23)cc1. The molecule has 4 rings (SSSR count). The van der Waals surface area contributed by atoms with Gasteiger partial charge in [0.15, 0.2) is 0 Å². The maximum Gasteiger partial charge on any atom is 0.139 e. The van der Waals surface area contributed by atoms with Gasteiger partial charge in [0.05, 0.1) is 12.5 Å². The molecule has 24 heavy (non-hydrogen) atoms. The Kier molecular flexibility index (Phi) is 4.10. The molecule has 4 nitrogen and oxygen atoms in total. The van der Waals surface area contributed by atoms with Gasteiger partial charge in [-0.3, -0.25) is 0 Å². The molecule has 2 aromatic heterocycles. The number of hydrogen-bond donors (Lipinski definition) is 1. The number of nitrogens with one attached hydrogen (secondary N) is 1. The number of nitrogens with zero attached hydrogens (tertiary/aromatic N) is 2. The molecular formula is C19H21N3OS. The van der Waals surface area contributed by atoms with E-state index in [4.69, 9.17) is 9.72 Å². The summed E-state index contributed by atoms with van der Waals surface area (Å²) in [6.07, 6.45) is 5.07. The second-order valence-electron chi connectivity index (χ2n) is 6.30. The number of aromatic nitrogens is 2. The number of aryl methyl sites for hydroxylation is 1. The summed E-state index contributed by atoms with van der Waals surface area (Å²) in [6.45, 7) is 1.96. The first-order valence-electron chi connectivity index (χ1n) is 8.41. The summed E-state index contributed by atoms with van der Waals surface area (Å²) in [4.78, 5) is 10.4. The molecule has 2 heterocycles. The smallest absolute Gasteiger partial charge is 0.139 e. The fourth-order valence-electron chi connectivity index (χ4n) is 3.40. The van der Waals surface area contributed by atoms with Crippen molar-refractivity contribution in [2.45, 2.75) is 38.6 Å². The number of rotatable bonds is 4. The first-order chi connectivity index (χ1) is 11.7. The van der Waals surface area contributed by atoms with E-state index in [0.717, 1.165) is 27.6 Å². The Bertz CT molecular complexity index is 851. The van der Waals surface area contributed by atoms with Crippen LogP contribution in [0.4, 0.5) is 5.82 Å². The summed E-state index contributed by atoms with van der Waals surface area (Å²) >= 11 is 1.68. The van der Waals surface area contributed by atoms with E-state index in [2.05, 4.69) is 27.8 Å². The Morgan fingerprint density at radius 1 is 1.12 bits per heavy atom. The second kappa shape index (κ2) is 6.40. The third kappa shape index (κ3) is 2.84. The number of ether oxygens (including phenoxy) is 1. The van der Waals surface area contributed by atoms with Crippen LogP contribution in [-0.2, 0) is 0 Å². The van der Waals surface area contributed by atoms with Crippen molar-refractivity contribution in [3.63, 3.8) is 0 Å². The second-order valence-corrected chi connectivity index (χ2v) is 7.16. The molecule has 1 aromatic carbocycles. The molecule has 1 N–H and O–H groups in total. The van der Waals surface area contributed by atoms with Crippen LogP contribution < -0.4 is 10.1 Å². The van der Waals surface area contributed by atoms with Gasteiger partial charge in [-0.15, -0.1) is 11.3 Å². The van der Waals surface area contributed by atoms with Gasteiger partial charge >= 0.3 is 0 Å². The molecule has 0 atom stereocenters. The Labute approximate surface area is 145 Å². The van der Waals surface area contributed by atoms with E-state index in [1.807, 2.05) is 19.1 Å².